The highest BCUT2D eigenvalue weighted by atomic mass is 16.1. The van der Waals surface area contributed by atoms with E-state index < -0.39 is 0 Å². The van der Waals surface area contributed by atoms with E-state index in [9.17, 15) is 4.79 Å². The Bertz CT molecular complexity index is 806. The van der Waals surface area contributed by atoms with Crippen LogP contribution >= 0.6 is 0 Å². The van der Waals surface area contributed by atoms with Gasteiger partial charge in [0.15, 0.2) is 0 Å². The van der Waals surface area contributed by atoms with Crippen molar-refractivity contribution in [3.8, 4) is 0 Å². The van der Waals surface area contributed by atoms with Crippen molar-refractivity contribution in [1.29, 1.82) is 0 Å². The summed E-state index contributed by atoms with van der Waals surface area (Å²) in [6.07, 6.45) is 2.76. The maximum atomic E-state index is 12.0. The van der Waals surface area contributed by atoms with E-state index in [1.807, 2.05) is 30.3 Å². The Hall–Kier alpha value is -2.62. The molecule has 21 heavy (non-hydrogen) atoms. The molecule has 106 valence electrons. The molecule has 0 atom stereocenters. The second kappa shape index (κ2) is 5.79. The van der Waals surface area contributed by atoms with Crippen molar-refractivity contribution in [2.45, 2.75) is 19.9 Å². The zero-order chi connectivity index (χ0) is 14.7. The monoisotopic (exact) mass is 279 g/mol. The third-order valence-corrected chi connectivity index (χ3v) is 3.46. The molecular weight excluding hydrogens is 262 g/mol. The molecule has 0 saturated heterocycles. The van der Waals surface area contributed by atoms with E-state index in [1.54, 1.807) is 16.7 Å². The number of aromatic nitrogens is 2. The number of aryl methyl sites for hydroxylation is 1. The van der Waals surface area contributed by atoms with Crippen LogP contribution in [-0.2, 0) is 13.0 Å². The van der Waals surface area contributed by atoms with E-state index in [0.717, 1.165) is 17.8 Å². The van der Waals surface area contributed by atoms with Gasteiger partial charge in [-0.15, -0.1) is 0 Å². The Kier molecular flexibility index (Phi) is 3.69. The first-order valence-electron chi connectivity index (χ1n) is 7.06. The van der Waals surface area contributed by atoms with Crippen molar-refractivity contribution in [2.75, 3.05) is 5.32 Å². The molecule has 0 aliphatic carbocycles. The Morgan fingerprint density at radius 1 is 1.14 bits per heavy atom. The largest absolute Gasteiger partial charge is 0.379 e. The molecule has 3 rings (SSSR count). The predicted octanol–water partition coefficient (Wildman–Crippen LogP) is 2.87. The molecule has 1 aromatic carbocycles. The SMILES string of the molecule is CCc1ccc(NCc2cc(=O)n3ccccc3n2)cc1. The van der Waals surface area contributed by atoms with Gasteiger partial charge >= 0.3 is 0 Å². The Labute approximate surface area is 123 Å². The summed E-state index contributed by atoms with van der Waals surface area (Å²) in [5.74, 6) is 0. The highest BCUT2D eigenvalue weighted by molar-refractivity contribution is 5.45. The van der Waals surface area contributed by atoms with E-state index in [4.69, 9.17) is 0 Å². The van der Waals surface area contributed by atoms with Crippen molar-refractivity contribution in [2.24, 2.45) is 0 Å². The first-order chi connectivity index (χ1) is 10.3. The molecule has 2 heterocycles. The number of rotatable bonds is 4. The zero-order valence-corrected chi connectivity index (χ0v) is 11.9. The molecule has 1 N–H and O–H groups in total. The van der Waals surface area contributed by atoms with Gasteiger partial charge in [-0.05, 0) is 36.2 Å². The van der Waals surface area contributed by atoms with Crippen LogP contribution in [0.15, 0.2) is 59.5 Å². The summed E-state index contributed by atoms with van der Waals surface area (Å²) in [6, 6.07) is 15.4. The van der Waals surface area contributed by atoms with Crippen LogP contribution in [0.4, 0.5) is 5.69 Å². The fourth-order valence-electron chi connectivity index (χ4n) is 2.24. The van der Waals surface area contributed by atoms with Gasteiger partial charge in [-0.1, -0.05) is 25.1 Å². The number of hydrogen-bond donors (Lipinski definition) is 1. The molecule has 4 heteroatoms. The first-order valence-corrected chi connectivity index (χ1v) is 7.06. The fraction of sp³-hybridized carbons (Fsp3) is 0.176. The van der Waals surface area contributed by atoms with Crippen molar-refractivity contribution in [3.63, 3.8) is 0 Å². The third-order valence-electron chi connectivity index (χ3n) is 3.46. The highest BCUT2D eigenvalue weighted by Gasteiger charge is 2.01. The smallest absolute Gasteiger partial charge is 0.258 e. The van der Waals surface area contributed by atoms with E-state index in [-0.39, 0.29) is 5.56 Å². The Morgan fingerprint density at radius 2 is 1.95 bits per heavy atom. The van der Waals surface area contributed by atoms with Gasteiger partial charge in [0.25, 0.3) is 5.56 Å². The zero-order valence-electron chi connectivity index (χ0n) is 11.9. The molecule has 4 nitrogen and oxygen atoms in total. The van der Waals surface area contributed by atoms with E-state index in [2.05, 4.69) is 29.4 Å². The van der Waals surface area contributed by atoms with Gasteiger partial charge in [0.2, 0.25) is 0 Å². The summed E-state index contributed by atoms with van der Waals surface area (Å²) in [5.41, 5.74) is 3.69. The third kappa shape index (κ3) is 2.94. The van der Waals surface area contributed by atoms with Crippen molar-refractivity contribution in [1.82, 2.24) is 9.38 Å². The summed E-state index contributed by atoms with van der Waals surface area (Å²) in [7, 11) is 0. The number of nitrogens with zero attached hydrogens (tertiary/aromatic N) is 2. The number of pyridine rings is 1. The molecule has 2 aromatic heterocycles. The summed E-state index contributed by atoms with van der Waals surface area (Å²) in [4.78, 5) is 16.5. The maximum absolute atomic E-state index is 12.0. The molecule has 0 fully saturated rings. The minimum absolute atomic E-state index is 0.0567. The second-order valence-corrected chi connectivity index (χ2v) is 4.92. The maximum Gasteiger partial charge on any atom is 0.258 e. The van der Waals surface area contributed by atoms with Gasteiger partial charge in [0, 0.05) is 18.0 Å². The molecule has 0 saturated carbocycles. The quantitative estimate of drug-likeness (QED) is 0.798. The van der Waals surface area contributed by atoms with Crippen LogP contribution < -0.4 is 10.9 Å². The minimum atomic E-state index is -0.0567. The van der Waals surface area contributed by atoms with Crippen LogP contribution in [0.5, 0.6) is 0 Å². The lowest BCUT2D eigenvalue weighted by molar-refractivity contribution is 0.971. The van der Waals surface area contributed by atoms with Gasteiger partial charge in [0.1, 0.15) is 5.65 Å². The van der Waals surface area contributed by atoms with Crippen molar-refractivity contribution < 1.29 is 0 Å². The van der Waals surface area contributed by atoms with E-state index in [1.165, 1.54) is 5.56 Å². The fourth-order valence-corrected chi connectivity index (χ4v) is 2.24. The molecule has 0 bridgehead atoms. The van der Waals surface area contributed by atoms with Gasteiger partial charge in [-0.25, -0.2) is 4.98 Å². The molecule has 0 radical (unpaired) electrons. The van der Waals surface area contributed by atoms with Gasteiger partial charge in [-0.2, -0.15) is 0 Å². The van der Waals surface area contributed by atoms with Gasteiger partial charge in [-0.3, -0.25) is 9.20 Å². The van der Waals surface area contributed by atoms with Crippen molar-refractivity contribution >= 4 is 11.3 Å². The summed E-state index contributed by atoms with van der Waals surface area (Å²) >= 11 is 0. The molecule has 3 aromatic rings. The number of hydrogen-bond acceptors (Lipinski definition) is 3. The second-order valence-electron chi connectivity index (χ2n) is 4.92. The molecule has 0 amide bonds. The summed E-state index contributed by atoms with van der Waals surface area (Å²) in [5, 5.41) is 3.29. The lowest BCUT2D eigenvalue weighted by Crippen LogP contribution is -2.16. The minimum Gasteiger partial charge on any atom is -0.379 e. The van der Waals surface area contributed by atoms with Crippen LogP contribution in [0.3, 0.4) is 0 Å². The predicted molar refractivity (Wildman–Crippen MR) is 84.6 cm³/mol. The van der Waals surface area contributed by atoms with Crippen LogP contribution in [0.25, 0.3) is 5.65 Å². The average molecular weight is 279 g/mol. The molecular formula is C17H17N3O. The molecule has 0 aliphatic heterocycles. The summed E-state index contributed by atoms with van der Waals surface area (Å²) in [6.45, 7) is 2.67. The van der Waals surface area contributed by atoms with Crippen LogP contribution in [0.1, 0.15) is 18.2 Å². The molecule has 0 unspecified atom stereocenters. The average Bonchev–Trinajstić information content (AvgIpc) is 2.53. The standard InChI is InChI=1S/C17H17N3O/c1-2-13-6-8-14(9-7-13)18-12-15-11-17(21)20-10-4-3-5-16(20)19-15/h3-11,18H,2,12H2,1H3. The normalized spacial score (nSPS) is 10.7. The van der Waals surface area contributed by atoms with Gasteiger partial charge in [0.05, 0.1) is 12.2 Å². The van der Waals surface area contributed by atoms with Crippen LogP contribution in [0.2, 0.25) is 0 Å². The van der Waals surface area contributed by atoms with Crippen molar-refractivity contribution in [3.05, 3.63) is 76.3 Å². The first kappa shape index (κ1) is 13.4. The number of anilines is 1. The van der Waals surface area contributed by atoms with Crippen LogP contribution in [-0.4, -0.2) is 9.38 Å². The number of nitrogens with one attached hydrogen (secondary N) is 1. The van der Waals surface area contributed by atoms with Gasteiger partial charge < -0.3 is 5.32 Å². The Morgan fingerprint density at radius 3 is 2.71 bits per heavy atom. The summed E-state index contributed by atoms with van der Waals surface area (Å²) < 4.78 is 1.54. The van der Waals surface area contributed by atoms with E-state index in [0.29, 0.717) is 12.2 Å². The topological polar surface area (TPSA) is 46.4 Å². The Balaban J connectivity index is 1.80. The lowest BCUT2D eigenvalue weighted by Gasteiger charge is -2.07. The van der Waals surface area contributed by atoms with Crippen LogP contribution in [0, 0.1) is 0 Å². The lowest BCUT2D eigenvalue weighted by atomic mass is 10.1. The number of fused-ring (bicyclic) bond motifs is 1. The van der Waals surface area contributed by atoms with E-state index >= 15 is 0 Å². The molecule has 0 spiro atoms. The highest BCUT2D eigenvalue weighted by Crippen LogP contribution is 2.11. The molecule has 0 aliphatic rings. The number of benzene rings is 1.